The lowest BCUT2D eigenvalue weighted by Crippen LogP contribution is -2.43. The van der Waals surface area contributed by atoms with E-state index < -0.39 is 0 Å². The number of fused-ring (bicyclic) bond motifs is 1. The molecule has 0 spiro atoms. The van der Waals surface area contributed by atoms with Crippen molar-refractivity contribution < 1.29 is 0 Å². The number of halogens is 1. The van der Waals surface area contributed by atoms with Crippen molar-refractivity contribution in [2.45, 2.75) is 51.1 Å². The summed E-state index contributed by atoms with van der Waals surface area (Å²) in [7, 11) is 0. The van der Waals surface area contributed by atoms with Crippen LogP contribution in [0, 0.1) is 0 Å². The van der Waals surface area contributed by atoms with E-state index >= 15 is 0 Å². The van der Waals surface area contributed by atoms with Crippen molar-refractivity contribution >= 4 is 15.9 Å². The molecule has 0 bridgehead atoms. The van der Waals surface area contributed by atoms with Gasteiger partial charge >= 0.3 is 0 Å². The first kappa shape index (κ1) is 14.6. The van der Waals surface area contributed by atoms with Crippen molar-refractivity contribution in [1.82, 2.24) is 10.2 Å². The summed E-state index contributed by atoms with van der Waals surface area (Å²) in [5.41, 5.74) is 3.05. The second-order valence-electron chi connectivity index (χ2n) is 6.18. The highest BCUT2D eigenvalue weighted by molar-refractivity contribution is 9.10. The van der Waals surface area contributed by atoms with Crippen molar-refractivity contribution in [2.24, 2.45) is 0 Å². The Morgan fingerprint density at radius 2 is 2.05 bits per heavy atom. The minimum absolute atomic E-state index is 0.574. The molecule has 1 unspecified atom stereocenters. The normalized spacial score (nSPS) is 24.0. The Kier molecular flexibility index (Phi) is 4.79. The van der Waals surface area contributed by atoms with Crippen LogP contribution < -0.4 is 5.32 Å². The van der Waals surface area contributed by atoms with Gasteiger partial charge in [-0.15, -0.1) is 0 Å². The Morgan fingerprint density at radius 1 is 1.25 bits per heavy atom. The van der Waals surface area contributed by atoms with Gasteiger partial charge in [0.15, 0.2) is 0 Å². The molecule has 0 radical (unpaired) electrons. The molecular weight excluding hydrogens is 312 g/mol. The number of rotatable bonds is 4. The fraction of sp³-hybridized carbons (Fsp3) is 0.647. The molecule has 20 heavy (non-hydrogen) atoms. The molecule has 1 atom stereocenters. The van der Waals surface area contributed by atoms with Crippen LogP contribution in [0.3, 0.4) is 0 Å². The third-order valence-corrected chi connectivity index (χ3v) is 5.52. The first-order valence-electron chi connectivity index (χ1n) is 8.03. The van der Waals surface area contributed by atoms with E-state index in [1.165, 1.54) is 67.3 Å². The van der Waals surface area contributed by atoms with Crippen LogP contribution in [0.2, 0.25) is 0 Å². The molecule has 1 aromatic rings. The lowest BCUT2D eigenvalue weighted by atomic mass is 10.0. The molecule has 1 N–H and O–H groups in total. The van der Waals surface area contributed by atoms with Crippen molar-refractivity contribution in [3.8, 4) is 0 Å². The SMILES string of the molecule is CCCN1CCC(NC2CCc3c(Br)cccc32)CC1. The van der Waals surface area contributed by atoms with Crippen molar-refractivity contribution in [1.29, 1.82) is 0 Å². The maximum Gasteiger partial charge on any atom is 0.0328 e. The fourth-order valence-corrected chi connectivity index (χ4v) is 4.29. The number of nitrogens with one attached hydrogen (secondary N) is 1. The van der Waals surface area contributed by atoms with Crippen molar-refractivity contribution in [2.75, 3.05) is 19.6 Å². The van der Waals surface area contributed by atoms with Gasteiger partial charge in [0.25, 0.3) is 0 Å². The smallest absolute Gasteiger partial charge is 0.0328 e. The highest BCUT2D eigenvalue weighted by Gasteiger charge is 2.27. The second-order valence-corrected chi connectivity index (χ2v) is 7.04. The molecule has 3 rings (SSSR count). The van der Waals surface area contributed by atoms with Crippen LogP contribution >= 0.6 is 15.9 Å². The molecular formula is C17H25BrN2. The summed E-state index contributed by atoms with van der Waals surface area (Å²) in [6, 6.07) is 7.93. The second kappa shape index (κ2) is 6.59. The van der Waals surface area contributed by atoms with Gasteiger partial charge in [-0.2, -0.15) is 0 Å². The fourth-order valence-electron chi connectivity index (χ4n) is 3.71. The van der Waals surface area contributed by atoms with E-state index in [0.29, 0.717) is 12.1 Å². The standard InChI is InChI=1S/C17H25BrN2/c1-2-10-20-11-8-13(9-12-20)19-17-7-6-14-15(17)4-3-5-16(14)18/h3-5,13,17,19H,2,6-12H2,1H3. The Bertz CT molecular complexity index is 452. The van der Waals surface area contributed by atoms with Gasteiger partial charge in [-0.3, -0.25) is 0 Å². The Morgan fingerprint density at radius 3 is 2.80 bits per heavy atom. The minimum Gasteiger partial charge on any atom is -0.307 e. The van der Waals surface area contributed by atoms with Crippen LogP contribution in [0.4, 0.5) is 0 Å². The molecule has 110 valence electrons. The van der Waals surface area contributed by atoms with Crippen LogP contribution in [0.25, 0.3) is 0 Å². The number of piperidine rings is 1. The van der Waals surface area contributed by atoms with Crippen molar-refractivity contribution in [3.05, 3.63) is 33.8 Å². The van der Waals surface area contributed by atoms with Gasteiger partial charge in [0.05, 0.1) is 0 Å². The van der Waals surface area contributed by atoms with Gasteiger partial charge in [-0.1, -0.05) is 35.0 Å². The van der Waals surface area contributed by atoms with Crippen LogP contribution in [-0.4, -0.2) is 30.6 Å². The third-order valence-electron chi connectivity index (χ3n) is 4.78. The molecule has 1 aliphatic heterocycles. The van der Waals surface area contributed by atoms with E-state index in [4.69, 9.17) is 0 Å². The van der Waals surface area contributed by atoms with Gasteiger partial charge in [-0.25, -0.2) is 0 Å². The predicted molar refractivity (Wildman–Crippen MR) is 88.1 cm³/mol. The highest BCUT2D eigenvalue weighted by atomic mass is 79.9. The van der Waals surface area contributed by atoms with Gasteiger partial charge in [-0.05, 0) is 68.9 Å². The molecule has 1 fully saturated rings. The summed E-state index contributed by atoms with van der Waals surface area (Å²) in [5.74, 6) is 0. The Labute approximate surface area is 131 Å². The zero-order valence-corrected chi connectivity index (χ0v) is 14.0. The van der Waals surface area contributed by atoms with Crippen LogP contribution in [0.1, 0.15) is 49.8 Å². The highest BCUT2D eigenvalue weighted by Crippen LogP contribution is 2.36. The lowest BCUT2D eigenvalue weighted by Gasteiger charge is -2.34. The number of hydrogen-bond acceptors (Lipinski definition) is 2. The first-order chi connectivity index (χ1) is 9.78. The number of likely N-dealkylation sites (tertiary alicyclic amines) is 1. The maximum absolute atomic E-state index is 3.92. The summed E-state index contributed by atoms with van der Waals surface area (Å²) in [6.07, 6.45) is 6.36. The average molecular weight is 337 g/mol. The molecule has 1 aliphatic carbocycles. The minimum atomic E-state index is 0.574. The topological polar surface area (TPSA) is 15.3 Å². The van der Waals surface area contributed by atoms with Crippen molar-refractivity contribution in [3.63, 3.8) is 0 Å². The van der Waals surface area contributed by atoms with E-state index in [-0.39, 0.29) is 0 Å². The Balaban J connectivity index is 1.57. The monoisotopic (exact) mass is 336 g/mol. The summed E-state index contributed by atoms with van der Waals surface area (Å²) >= 11 is 3.69. The third kappa shape index (κ3) is 3.10. The molecule has 0 aromatic heterocycles. The first-order valence-corrected chi connectivity index (χ1v) is 8.83. The molecule has 1 aromatic carbocycles. The van der Waals surface area contributed by atoms with Crippen LogP contribution in [0.5, 0.6) is 0 Å². The summed E-state index contributed by atoms with van der Waals surface area (Å²) < 4.78 is 1.29. The maximum atomic E-state index is 3.92. The summed E-state index contributed by atoms with van der Waals surface area (Å²) in [5, 5.41) is 3.92. The Hall–Kier alpha value is -0.380. The largest absolute Gasteiger partial charge is 0.307 e. The molecule has 1 heterocycles. The van der Waals surface area contributed by atoms with E-state index in [1.807, 2.05) is 0 Å². The van der Waals surface area contributed by atoms with E-state index in [1.54, 1.807) is 0 Å². The summed E-state index contributed by atoms with van der Waals surface area (Å²) in [6.45, 7) is 6.08. The van der Waals surface area contributed by atoms with E-state index in [9.17, 15) is 0 Å². The predicted octanol–water partition coefficient (Wildman–Crippen LogP) is 3.90. The molecule has 0 amide bonds. The summed E-state index contributed by atoms with van der Waals surface area (Å²) in [4.78, 5) is 2.61. The zero-order chi connectivity index (χ0) is 13.9. The molecule has 1 saturated heterocycles. The van der Waals surface area contributed by atoms with Gasteiger partial charge in [0, 0.05) is 16.6 Å². The van der Waals surface area contributed by atoms with Gasteiger partial charge < -0.3 is 10.2 Å². The van der Waals surface area contributed by atoms with E-state index in [0.717, 1.165) is 0 Å². The number of hydrogen-bond donors (Lipinski definition) is 1. The van der Waals surface area contributed by atoms with Gasteiger partial charge in [0.1, 0.15) is 0 Å². The number of nitrogens with zero attached hydrogens (tertiary/aromatic N) is 1. The molecule has 2 aliphatic rings. The lowest BCUT2D eigenvalue weighted by molar-refractivity contribution is 0.191. The molecule has 3 heteroatoms. The van der Waals surface area contributed by atoms with Gasteiger partial charge in [0.2, 0.25) is 0 Å². The van der Waals surface area contributed by atoms with Crippen LogP contribution in [0.15, 0.2) is 22.7 Å². The molecule has 0 saturated carbocycles. The molecule has 2 nitrogen and oxygen atoms in total. The van der Waals surface area contributed by atoms with Crippen LogP contribution in [-0.2, 0) is 6.42 Å². The quantitative estimate of drug-likeness (QED) is 0.896. The van der Waals surface area contributed by atoms with E-state index in [2.05, 4.69) is 51.3 Å². The zero-order valence-electron chi connectivity index (χ0n) is 12.4. The number of benzene rings is 1. The average Bonchev–Trinajstić information content (AvgIpc) is 2.86.